The van der Waals surface area contributed by atoms with Crippen LogP contribution in [-0.4, -0.2) is 33.3 Å². The van der Waals surface area contributed by atoms with Gasteiger partial charge in [0.2, 0.25) is 9.84 Å². The van der Waals surface area contributed by atoms with Crippen LogP contribution in [0, 0.1) is 0 Å². The molecule has 158 valence electrons. The fraction of sp³-hybridized carbons (Fsp3) is 0.0909. The number of carbonyl (C=O) groups is 2. The molecule has 0 aromatic heterocycles. The van der Waals surface area contributed by atoms with Crippen LogP contribution in [0.5, 0.6) is 5.75 Å². The van der Waals surface area contributed by atoms with Crippen molar-refractivity contribution in [3.05, 3.63) is 87.4 Å². The van der Waals surface area contributed by atoms with Gasteiger partial charge in [0.15, 0.2) is 5.78 Å². The Morgan fingerprint density at radius 2 is 1.74 bits per heavy atom. The molecule has 1 aliphatic rings. The molecule has 0 saturated heterocycles. The summed E-state index contributed by atoms with van der Waals surface area (Å²) in [5.74, 6) is -0.651. The molecule has 0 aliphatic carbocycles. The summed E-state index contributed by atoms with van der Waals surface area (Å²) in [7, 11) is -4.00. The summed E-state index contributed by atoms with van der Waals surface area (Å²) in [6.45, 7) is 0.263. The Morgan fingerprint density at radius 3 is 2.52 bits per heavy atom. The van der Waals surface area contributed by atoms with Crippen molar-refractivity contribution in [2.75, 3.05) is 13.2 Å². The summed E-state index contributed by atoms with van der Waals surface area (Å²) in [6.07, 6.45) is 0. The van der Waals surface area contributed by atoms with Gasteiger partial charge in [-0.3, -0.25) is 9.59 Å². The van der Waals surface area contributed by atoms with E-state index in [4.69, 9.17) is 27.9 Å². The molecule has 6 nitrogen and oxygen atoms in total. The van der Waals surface area contributed by atoms with Gasteiger partial charge in [-0.15, -0.1) is 0 Å². The van der Waals surface area contributed by atoms with E-state index in [1.165, 1.54) is 36.4 Å². The molecule has 0 fully saturated rings. The third-order valence-corrected chi connectivity index (χ3v) is 7.13. The first-order valence-corrected chi connectivity index (χ1v) is 11.4. The monoisotopic (exact) mass is 475 g/mol. The maximum Gasteiger partial charge on any atom is 0.252 e. The second-order valence-electron chi connectivity index (χ2n) is 6.69. The van der Waals surface area contributed by atoms with E-state index >= 15 is 0 Å². The number of benzene rings is 3. The minimum absolute atomic E-state index is 0.0146. The fourth-order valence-electron chi connectivity index (χ4n) is 3.32. The SMILES string of the molecule is O=C(NCCOc1ccccc1Cl)c1cccc2c1C(=O)c1ccc(Cl)cc1S2(=O)=O. The zero-order chi connectivity index (χ0) is 22.2. The zero-order valence-corrected chi connectivity index (χ0v) is 18.2. The van der Waals surface area contributed by atoms with Crippen LogP contribution in [0.15, 0.2) is 70.5 Å². The second kappa shape index (κ2) is 8.34. The van der Waals surface area contributed by atoms with Crippen molar-refractivity contribution in [2.45, 2.75) is 9.79 Å². The van der Waals surface area contributed by atoms with E-state index < -0.39 is 21.5 Å². The molecule has 1 heterocycles. The molecule has 1 amide bonds. The maximum atomic E-state index is 13.1. The lowest BCUT2D eigenvalue weighted by molar-refractivity contribution is 0.0934. The number of nitrogens with one attached hydrogen (secondary N) is 1. The third-order valence-electron chi connectivity index (χ3n) is 4.75. The van der Waals surface area contributed by atoms with Gasteiger partial charge in [0, 0.05) is 10.6 Å². The number of rotatable bonds is 5. The lowest BCUT2D eigenvalue weighted by Crippen LogP contribution is -2.31. The molecule has 4 rings (SSSR count). The van der Waals surface area contributed by atoms with Crippen LogP contribution in [0.1, 0.15) is 26.3 Å². The van der Waals surface area contributed by atoms with Gasteiger partial charge in [0.05, 0.1) is 32.5 Å². The number of hydrogen-bond donors (Lipinski definition) is 1. The number of ether oxygens (including phenoxy) is 1. The number of carbonyl (C=O) groups excluding carboxylic acids is 2. The van der Waals surface area contributed by atoms with Gasteiger partial charge < -0.3 is 10.1 Å². The van der Waals surface area contributed by atoms with E-state index in [9.17, 15) is 18.0 Å². The first-order chi connectivity index (χ1) is 14.8. The number of ketones is 1. The van der Waals surface area contributed by atoms with Crippen molar-refractivity contribution in [1.82, 2.24) is 5.32 Å². The van der Waals surface area contributed by atoms with Crippen LogP contribution in [0.2, 0.25) is 10.0 Å². The summed E-state index contributed by atoms with van der Waals surface area (Å²) < 4.78 is 31.6. The third kappa shape index (κ3) is 3.92. The molecular formula is C22H15Cl2NO5S. The molecule has 0 unspecified atom stereocenters. The smallest absolute Gasteiger partial charge is 0.252 e. The maximum absolute atomic E-state index is 13.1. The summed E-state index contributed by atoms with van der Waals surface area (Å²) >= 11 is 11.9. The van der Waals surface area contributed by atoms with Crippen molar-refractivity contribution in [3.63, 3.8) is 0 Å². The molecule has 0 radical (unpaired) electrons. The molecule has 31 heavy (non-hydrogen) atoms. The number of hydrogen-bond acceptors (Lipinski definition) is 5. The van der Waals surface area contributed by atoms with E-state index in [-0.39, 0.29) is 44.7 Å². The van der Waals surface area contributed by atoms with Crippen LogP contribution in [0.4, 0.5) is 0 Å². The predicted molar refractivity (Wildman–Crippen MR) is 116 cm³/mol. The standard InChI is InChI=1S/C22H15Cl2NO5S/c23-13-8-9-14-19(12-13)31(28,29)18-7-3-4-15(20(18)21(14)26)22(27)25-10-11-30-17-6-2-1-5-16(17)24/h1-9,12H,10-11H2,(H,25,27). The lowest BCUT2D eigenvalue weighted by Gasteiger charge is -2.21. The van der Waals surface area contributed by atoms with Crippen LogP contribution in [0.3, 0.4) is 0 Å². The zero-order valence-electron chi connectivity index (χ0n) is 15.9. The first kappa shape index (κ1) is 21.4. The van der Waals surface area contributed by atoms with E-state index in [0.29, 0.717) is 10.8 Å². The molecule has 9 heteroatoms. The minimum Gasteiger partial charge on any atom is -0.490 e. The van der Waals surface area contributed by atoms with Crippen LogP contribution < -0.4 is 10.1 Å². The Kier molecular flexibility index (Phi) is 5.75. The largest absolute Gasteiger partial charge is 0.490 e. The number of fused-ring (bicyclic) bond motifs is 2. The minimum atomic E-state index is -4.00. The Bertz CT molecular complexity index is 1320. The van der Waals surface area contributed by atoms with E-state index in [1.54, 1.807) is 24.3 Å². The lowest BCUT2D eigenvalue weighted by atomic mass is 9.97. The van der Waals surface area contributed by atoms with Crippen LogP contribution >= 0.6 is 23.2 Å². The molecule has 1 N–H and O–H groups in total. The van der Waals surface area contributed by atoms with Gasteiger partial charge in [-0.05, 0) is 42.5 Å². The van der Waals surface area contributed by atoms with Crippen LogP contribution in [0.25, 0.3) is 0 Å². The highest BCUT2D eigenvalue weighted by Gasteiger charge is 2.37. The van der Waals surface area contributed by atoms with E-state index in [2.05, 4.69) is 5.32 Å². The van der Waals surface area contributed by atoms with Gasteiger partial charge >= 0.3 is 0 Å². The van der Waals surface area contributed by atoms with E-state index in [0.717, 1.165) is 0 Å². The van der Waals surface area contributed by atoms with Crippen LogP contribution in [-0.2, 0) is 9.84 Å². The summed E-state index contributed by atoms with van der Waals surface area (Å²) in [5.41, 5.74) is -0.189. The Labute approximate surface area is 188 Å². The first-order valence-electron chi connectivity index (χ1n) is 9.18. The normalized spacial score (nSPS) is 13.8. The number of amides is 1. The summed E-state index contributed by atoms with van der Waals surface area (Å²) in [6, 6.07) is 15.1. The van der Waals surface area contributed by atoms with Crippen molar-refractivity contribution in [3.8, 4) is 5.75 Å². The van der Waals surface area contributed by atoms with Crippen molar-refractivity contribution >= 4 is 44.7 Å². The van der Waals surface area contributed by atoms with Gasteiger partial charge in [0.25, 0.3) is 5.91 Å². The van der Waals surface area contributed by atoms with Crippen molar-refractivity contribution in [1.29, 1.82) is 0 Å². The highest BCUT2D eigenvalue weighted by molar-refractivity contribution is 7.91. The average molecular weight is 476 g/mol. The highest BCUT2D eigenvalue weighted by Crippen LogP contribution is 2.37. The van der Waals surface area contributed by atoms with Gasteiger partial charge in [0.1, 0.15) is 12.4 Å². The quantitative estimate of drug-likeness (QED) is 0.437. The Hall–Kier alpha value is -2.87. The molecule has 3 aromatic rings. The number of sulfone groups is 1. The molecule has 1 aliphatic heterocycles. The summed E-state index contributed by atoms with van der Waals surface area (Å²) in [4.78, 5) is 25.4. The Morgan fingerprint density at radius 1 is 0.968 bits per heavy atom. The second-order valence-corrected chi connectivity index (χ2v) is 9.42. The van der Waals surface area contributed by atoms with Gasteiger partial charge in [-0.2, -0.15) is 0 Å². The highest BCUT2D eigenvalue weighted by atomic mass is 35.5. The molecule has 3 aromatic carbocycles. The molecule has 0 spiro atoms. The Balaban J connectivity index is 1.58. The fourth-order valence-corrected chi connectivity index (χ4v) is 5.45. The molecule has 0 atom stereocenters. The predicted octanol–water partition coefficient (Wildman–Crippen LogP) is 4.18. The van der Waals surface area contributed by atoms with E-state index in [1.807, 2.05) is 0 Å². The number of halogens is 2. The molecule has 0 bridgehead atoms. The average Bonchev–Trinajstić information content (AvgIpc) is 2.76. The van der Waals surface area contributed by atoms with Gasteiger partial charge in [-0.1, -0.05) is 41.4 Å². The van der Waals surface area contributed by atoms with Gasteiger partial charge in [-0.25, -0.2) is 8.42 Å². The molecular weight excluding hydrogens is 461 g/mol. The van der Waals surface area contributed by atoms with Crippen molar-refractivity contribution < 1.29 is 22.7 Å². The summed E-state index contributed by atoms with van der Waals surface area (Å²) in [5, 5.41) is 3.29. The molecule has 0 saturated carbocycles. The number of para-hydroxylation sites is 1. The van der Waals surface area contributed by atoms with Crippen molar-refractivity contribution in [2.24, 2.45) is 0 Å². The topological polar surface area (TPSA) is 89.5 Å².